The van der Waals surface area contributed by atoms with Crippen LogP contribution >= 0.6 is 0 Å². The van der Waals surface area contributed by atoms with Crippen LogP contribution < -0.4 is 4.72 Å². The lowest BCUT2D eigenvalue weighted by atomic mass is 9.64. The number of Topliss-reactive ketones (excluding diaryl/α,β-unsaturated/α-hetero) is 1. The second kappa shape index (κ2) is 8.25. The number of ketones is 1. The molecule has 1 amide bonds. The molecule has 2 bridgehead atoms. The van der Waals surface area contributed by atoms with Gasteiger partial charge in [-0.05, 0) is 29.7 Å². The van der Waals surface area contributed by atoms with Crippen molar-refractivity contribution in [3.8, 4) is 11.1 Å². The number of hydrogen-bond donors (Lipinski definition) is 1. The molecule has 6 nitrogen and oxygen atoms in total. The zero-order valence-corrected chi connectivity index (χ0v) is 18.8. The minimum absolute atomic E-state index is 0.0152. The van der Waals surface area contributed by atoms with Crippen molar-refractivity contribution in [3.63, 3.8) is 0 Å². The molecular weight excluding hydrogens is 457 g/mol. The monoisotopic (exact) mass is 480 g/mol. The van der Waals surface area contributed by atoms with Crippen LogP contribution in [0.4, 0.5) is 13.2 Å². The Morgan fingerprint density at radius 2 is 1.79 bits per heavy atom. The molecule has 1 saturated carbocycles. The van der Waals surface area contributed by atoms with Gasteiger partial charge in [0, 0.05) is 31.4 Å². The molecule has 33 heavy (non-hydrogen) atoms. The van der Waals surface area contributed by atoms with Crippen LogP contribution in [0.5, 0.6) is 0 Å². The van der Waals surface area contributed by atoms with Gasteiger partial charge in [0.05, 0.1) is 18.3 Å². The van der Waals surface area contributed by atoms with E-state index in [9.17, 15) is 22.4 Å². The summed E-state index contributed by atoms with van der Waals surface area (Å²) in [5, 5.41) is 0. The van der Waals surface area contributed by atoms with Gasteiger partial charge in [-0.2, -0.15) is 0 Å². The van der Waals surface area contributed by atoms with Gasteiger partial charge in [-0.25, -0.2) is 26.3 Å². The number of fused-ring (bicyclic) bond motifs is 2. The van der Waals surface area contributed by atoms with Gasteiger partial charge < -0.3 is 4.90 Å². The number of nitrogens with zero attached hydrogens (tertiary/aromatic N) is 1. The third-order valence-electron chi connectivity index (χ3n) is 6.35. The Morgan fingerprint density at radius 3 is 2.36 bits per heavy atom. The highest BCUT2D eigenvalue weighted by atomic mass is 32.2. The summed E-state index contributed by atoms with van der Waals surface area (Å²) >= 11 is 0. The lowest BCUT2D eigenvalue weighted by Gasteiger charge is -2.60. The first-order chi connectivity index (χ1) is 15.4. The number of benzene rings is 2. The smallest absolute Gasteiger partial charge is 0.290 e. The number of sulfonamides is 1. The molecule has 10 heteroatoms. The van der Waals surface area contributed by atoms with Gasteiger partial charge in [-0.15, -0.1) is 0 Å². The van der Waals surface area contributed by atoms with Gasteiger partial charge in [0.2, 0.25) is 15.8 Å². The van der Waals surface area contributed by atoms with E-state index in [-0.39, 0.29) is 30.4 Å². The molecule has 0 spiro atoms. The quantitative estimate of drug-likeness (QED) is 0.645. The van der Waals surface area contributed by atoms with E-state index in [1.54, 1.807) is 30.3 Å². The van der Waals surface area contributed by atoms with Crippen molar-refractivity contribution in [2.45, 2.75) is 50.0 Å². The Kier molecular flexibility index (Phi) is 5.86. The molecule has 0 aromatic heterocycles. The third-order valence-corrected chi connectivity index (χ3v) is 7.03. The Bertz CT molecular complexity index is 1210. The Morgan fingerprint density at radius 1 is 1.15 bits per heavy atom. The first-order valence-electron chi connectivity index (χ1n) is 10.4. The maximum absolute atomic E-state index is 15.5. The van der Waals surface area contributed by atoms with E-state index in [4.69, 9.17) is 0 Å². The van der Waals surface area contributed by atoms with Gasteiger partial charge in [-0.1, -0.05) is 30.3 Å². The van der Waals surface area contributed by atoms with Crippen LogP contribution in [0.15, 0.2) is 42.5 Å². The fourth-order valence-electron chi connectivity index (χ4n) is 4.93. The van der Waals surface area contributed by atoms with Crippen molar-refractivity contribution in [3.05, 3.63) is 59.7 Å². The third kappa shape index (κ3) is 4.41. The number of piperidine rings is 2. The van der Waals surface area contributed by atoms with Gasteiger partial charge in [0.15, 0.2) is 0 Å². The summed E-state index contributed by atoms with van der Waals surface area (Å²) in [6.45, 7) is 1.06. The lowest BCUT2D eigenvalue weighted by Crippen LogP contribution is -2.77. The molecule has 3 fully saturated rings. The molecular formula is C23H23F3N2O4S. The number of rotatable bonds is 6. The normalized spacial score (nSPS) is 26.6. The first kappa shape index (κ1) is 23.4. The molecule has 176 valence electrons. The molecule has 3 aliphatic rings. The maximum Gasteiger partial charge on any atom is 0.290 e. The molecule has 0 unspecified atom stereocenters. The highest BCUT2D eigenvalue weighted by Gasteiger charge is 2.63. The minimum Gasteiger partial charge on any atom is -0.328 e. The zero-order valence-electron chi connectivity index (χ0n) is 18.0. The van der Waals surface area contributed by atoms with Crippen LogP contribution in [-0.2, 0) is 26.0 Å². The number of alkyl halides is 1. The predicted molar refractivity (Wildman–Crippen MR) is 115 cm³/mol. The summed E-state index contributed by atoms with van der Waals surface area (Å²) in [4.78, 5) is 25.7. The average Bonchev–Trinajstić information content (AvgIpc) is 2.71. The van der Waals surface area contributed by atoms with Crippen molar-refractivity contribution in [2.24, 2.45) is 0 Å². The van der Waals surface area contributed by atoms with E-state index >= 15 is 8.78 Å². The Labute approximate surface area is 189 Å². The molecule has 2 heterocycles. The van der Waals surface area contributed by atoms with E-state index in [1.807, 2.05) is 0 Å². The lowest BCUT2D eigenvalue weighted by molar-refractivity contribution is -0.170. The van der Waals surface area contributed by atoms with E-state index in [1.165, 1.54) is 0 Å². The zero-order chi connectivity index (χ0) is 24.1. The number of nitrogens with one attached hydrogen (secondary N) is 1. The number of hydrogen-bond acceptors (Lipinski definition) is 4. The fraction of sp³-hybridized carbons (Fsp3) is 0.391. The number of carbonyl (C=O) groups excluding carboxylic acids is 2. The van der Waals surface area contributed by atoms with Crippen molar-refractivity contribution < 1.29 is 31.2 Å². The molecule has 2 saturated heterocycles. The standard InChI is InChI=1S/C23H23F3N2O4S/c1-13(29)22(30)28-17-11-23(26,12-17)21(27-33(2,31)32)19(28)9-15-8-16(24)10-18(20(15)25)14-6-4-3-5-7-14/h3-8,10,17,19,21,27H,9,11-12H2,1-2H3/t17?,19-,21+,23?/m0/s1. The van der Waals surface area contributed by atoms with E-state index in [2.05, 4.69) is 4.72 Å². The summed E-state index contributed by atoms with van der Waals surface area (Å²) < 4.78 is 71.7. The molecule has 2 aliphatic heterocycles. The van der Waals surface area contributed by atoms with Gasteiger partial charge in [0.1, 0.15) is 17.3 Å². The Balaban J connectivity index is 1.79. The van der Waals surface area contributed by atoms with Crippen molar-refractivity contribution >= 4 is 21.7 Å². The average molecular weight is 481 g/mol. The summed E-state index contributed by atoms with van der Waals surface area (Å²) in [7, 11) is -3.91. The maximum atomic E-state index is 15.5. The SMILES string of the molecule is CC(=O)C(=O)N1C2CC(F)(C2)[C@H](NS(C)(=O)=O)[C@@H]1Cc1cc(F)cc(-c2ccccc2)c1F. The first-order valence-corrected chi connectivity index (χ1v) is 12.3. The Hall–Kier alpha value is -2.72. The van der Waals surface area contributed by atoms with Crippen LogP contribution in [0.1, 0.15) is 25.3 Å². The van der Waals surface area contributed by atoms with Crippen LogP contribution in [0.3, 0.4) is 0 Å². The summed E-state index contributed by atoms with van der Waals surface area (Å²) in [5.41, 5.74) is -1.70. The molecule has 1 N–H and O–H groups in total. The second-order valence-corrected chi connectivity index (χ2v) is 10.6. The molecule has 2 aromatic carbocycles. The summed E-state index contributed by atoms with van der Waals surface area (Å²) in [6.07, 6.45) is 0.191. The molecule has 5 rings (SSSR count). The van der Waals surface area contributed by atoms with E-state index in [0.29, 0.717) is 5.56 Å². The van der Waals surface area contributed by atoms with E-state index in [0.717, 1.165) is 30.2 Å². The molecule has 2 aromatic rings. The highest BCUT2D eigenvalue weighted by molar-refractivity contribution is 7.88. The predicted octanol–water partition coefficient (Wildman–Crippen LogP) is 2.76. The van der Waals surface area contributed by atoms with Crippen molar-refractivity contribution in [1.29, 1.82) is 0 Å². The second-order valence-electron chi connectivity index (χ2n) is 8.80. The van der Waals surface area contributed by atoms with Gasteiger partial charge in [0.25, 0.3) is 5.91 Å². The van der Waals surface area contributed by atoms with E-state index < -0.39 is 57.1 Å². The summed E-state index contributed by atoms with van der Waals surface area (Å²) in [6, 6.07) is 7.00. The van der Waals surface area contributed by atoms with Crippen molar-refractivity contribution in [1.82, 2.24) is 9.62 Å². The van der Waals surface area contributed by atoms with Crippen molar-refractivity contribution in [2.75, 3.05) is 6.26 Å². The highest BCUT2D eigenvalue weighted by Crippen LogP contribution is 2.50. The van der Waals surface area contributed by atoms with Crippen LogP contribution in [0.25, 0.3) is 11.1 Å². The molecule has 2 atom stereocenters. The topological polar surface area (TPSA) is 83.6 Å². The molecule has 1 aliphatic carbocycles. The van der Waals surface area contributed by atoms with Gasteiger partial charge >= 0.3 is 0 Å². The largest absolute Gasteiger partial charge is 0.328 e. The van der Waals surface area contributed by atoms with Crippen LogP contribution in [0.2, 0.25) is 0 Å². The number of carbonyl (C=O) groups is 2. The van der Waals surface area contributed by atoms with Crippen LogP contribution in [0, 0.1) is 11.6 Å². The minimum atomic E-state index is -3.91. The molecule has 0 radical (unpaired) electrons. The van der Waals surface area contributed by atoms with Crippen LogP contribution in [-0.4, -0.2) is 55.1 Å². The number of amides is 1. The fourth-order valence-corrected chi connectivity index (χ4v) is 5.76. The number of halogens is 3. The van der Waals surface area contributed by atoms with Gasteiger partial charge in [-0.3, -0.25) is 9.59 Å². The summed E-state index contributed by atoms with van der Waals surface area (Å²) in [5.74, 6) is -3.21.